The molecule has 2 N–H and O–H groups in total. The SMILES string of the molecule is C=N/C(=C\SCNc1ccc(C(=O)N2[C@@H]3CC(NC)C[C@H]2C3)cn1)c1sc(CC)nc1C. The Morgan fingerprint density at radius 2 is 2.16 bits per heavy atom. The number of nitrogens with zero attached hydrogens (tertiary/aromatic N) is 4. The van der Waals surface area contributed by atoms with Crippen LogP contribution >= 0.6 is 23.1 Å². The van der Waals surface area contributed by atoms with Crippen molar-refractivity contribution >= 4 is 47.2 Å². The monoisotopic (exact) mass is 470 g/mol. The van der Waals surface area contributed by atoms with E-state index in [9.17, 15) is 4.79 Å². The van der Waals surface area contributed by atoms with Crippen molar-refractivity contribution < 1.29 is 4.79 Å². The number of carbonyl (C=O) groups excluding carboxylic acids is 1. The van der Waals surface area contributed by atoms with Gasteiger partial charge < -0.3 is 15.5 Å². The zero-order valence-electron chi connectivity index (χ0n) is 18.8. The Morgan fingerprint density at radius 1 is 1.38 bits per heavy atom. The van der Waals surface area contributed by atoms with Gasteiger partial charge in [0.2, 0.25) is 0 Å². The van der Waals surface area contributed by atoms with E-state index in [1.165, 1.54) is 0 Å². The van der Waals surface area contributed by atoms with Gasteiger partial charge in [-0.25, -0.2) is 9.97 Å². The number of anilines is 1. The highest BCUT2D eigenvalue weighted by atomic mass is 32.2. The van der Waals surface area contributed by atoms with E-state index in [1.807, 2.05) is 36.4 Å². The lowest BCUT2D eigenvalue weighted by molar-refractivity contribution is -0.0216. The lowest BCUT2D eigenvalue weighted by Gasteiger charge is -2.55. The van der Waals surface area contributed by atoms with Crippen molar-refractivity contribution in [2.75, 3.05) is 18.2 Å². The van der Waals surface area contributed by atoms with Crippen LogP contribution in [-0.2, 0) is 6.42 Å². The van der Waals surface area contributed by atoms with Gasteiger partial charge in [0.1, 0.15) is 5.82 Å². The fraction of sp³-hybridized carbons (Fsp3) is 0.478. The predicted molar refractivity (Wildman–Crippen MR) is 135 cm³/mol. The average Bonchev–Trinajstić information content (AvgIpc) is 3.20. The number of aliphatic imine (C=N–C) groups is 1. The summed E-state index contributed by atoms with van der Waals surface area (Å²) in [6, 6.07) is 5.00. The van der Waals surface area contributed by atoms with Crippen LogP contribution in [-0.4, -0.2) is 58.5 Å². The number of hydrogen-bond donors (Lipinski definition) is 2. The second kappa shape index (κ2) is 10.1. The van der Waals surface area contributed by atoms with Gasteiger partial charge in [0, 0.05) is 24.3 Å². The molecule has 0 saturated carbocycles. The average molecular weight is 471 g/mol. The molecule has 1 amide bonds. The van der Waals surface area contributed by atoms with E-state index in [0.717, 1.165) is 52.8 Å². The molecule has 0 aliphatic carbocycles. The fourth-order valence-corrected chi connectivity index (χ4v) is 6.18. The first-order valence-corrected chi connectivity index (χ1v) is 12.9. The van der Waals surface area contributed by atoms with Crippen molar-refractivity contribution in [2.45, 2.75) is 57.7 Å². The summed E-state index contributed by atoms with van der Waals surface area (Å²) >= 11 is 3.26. The van der Waals surface area contributed by atoms with E-state index >= 15 is 0 Å². The molecule has 0 aromatic carbocycles. The van der Waals surface area contributed by atoms with Crippen LogP contribution in [0.4, 0.5) is 5.82 Å². The molecule has 2 bridgehead atoms. The molecule has 9 heteroatoms. The second-order valence-corrected chi connectivity index (χ2v) is 10.1. The number of aryl methyl sites for hydroxylation is 2. The smallest absolute Gasteiger partial charge is 0.255 e. The van der Waals surface area contributed by atoms with Gasteiger partial charge in [0.05, 0.1) is 32.7 Å². The van der Waals surface area contributed by atoms with E-state index in [1.54, 1.807) is 29.3 Å². The summed E-state index contributed by atoms with van der Waals surface area (Å²) in [6.07, 6.45) is 5.81. The maximum Gasteiger partial charge on any atom is 0.255 e. The van der Waals surface area contributed by atoms with Crippen molar-refractivity contribution in [1.82, 2.24) is 20.2 Å². The molecular formula is C23H30N6OS2. The largest absolute Gasteiger partial charge is 0.361 e. The van der Waals surface area contributed by atoms with Crippen molar-refractivity contribution in [2.24, 2.45) is 4.99 Å². The Morgan fingerprint density at radius 3 is 2.75 bits per heavy atom. The summed E-state index contributed by atoms with van der Waals surface area (Å²) in [5, 5.41) is 9.74. The minimum Gasteiger partial charge on any atom is -0.361 e. The molecule has 0 radical (unpaired) electrons. The minimum absolute atomic E-state index is 0.102. The molecular weight excluding hydrogens is 440 g/mol. The van der Waals surface area contributed by atoms with Crippen LogP contribution in [0.1, 0.15) is 52.1 Å². The number of piperidine rings is 1. The first kappa shape index (κ1) is 22.9. The van der Waals surface area contributed by atoms with Crippen LogP contribution in [0.5, 0.6) is 0 Å². The molecule has 0 spiro atoms. The summed E-state index contributed by atoms with van der Waals surface area (Å²) in [4.78, 5) is 29.2. The number of amides is 1. The van der Waals surface area contributed by atoms with Gasteiger partial charge in [0.15, 0.2) is 0 Å². The van der Waals surface area contributed by atoms with Crippen LogP contribution < -0.4 is 10.6 Å². The molecule has 3 atom stereocenters. The number of aromatic nitrogens is 2. The Balaban J connectivity index is 1.29. The van der Waals surface area contributed by atoms with Gasteiger partial charge in [-0.05, 0) is 63.9 Å². The van der Waals surface area contributed by atoms with Crippen LogP contribution in [0.15, 0.2) is 28.7 Å². The van der Waals surface area contributed by atoms with E-state index in [-0.39, 0.29) is 5.91 Å². The Bertz CT molecular complexity index is 990. The van der Waals surface area contributed by atoms with Gasteiger partial charge in [-0.3, -0.25) is 9.79 Å². The predicted octanol–water partition coefficient (Wildman–Crippen LogP) is 4.18. The lowest BCUT2D eigenvalue weighted by atomic mass is 9.76. The maximum atomic E-state index is 12.9. The third-order valence-corrected chi connectivity index (χ3v) is 8.20. The number of thiazole rings is 1. The Kier molecular flexibility index (Phi) is 7.27. The van der Waals surface area contributed by atoms with Gasteiger partial charge in [-0.2, -0.15) is 0 Å². The number of hydrogen-bond acceptors (Lipinski definition) is 8. The summed E-state index contributed by atoms with van der Waals surface area (Å²) in [7, 11) is 2.00. The molecule has 32 heavy (non-hydrogen) atoms. The molecule has 2 saturated heterocycles. The number of fused-ring (bicyclic) bond motifs is 2. The van der Waals surface area contributed by atoms with Crippen molar-refractivity contribution in [3.63, 3.8) is 0 Å². The summed E-state index contributed by atoms with van der Waals surface area (Å²) < 4.78 is 0. The minimum atomic E-state index is 0.102. The standard InChI is InChI=1S/C23H30N6OS2/c1-5-21-28-14(2)22(32-21)19(25-4)12-31-13-27-20-7-6-15(11-26-20)23(30)29-17-8-16(24-3)9-18(29)10-17/h6-7,11-12,16-18,24H,4-5,8-10,13H2,1-3H3,(H,26,27)/b19-12-/t16?,17-,18+. The molecule has 1 unspecified atom stereocenters. The van der Waals surface area contributed by atoms with Gasteiger partial charge in [0.25, 0.3) is 5.91 Å². The molecule has 4 rings (SSSR count). The van der Waals surface area contributed by atoms with E-state index in [4.69, 9.17) is 0 Å². The van der Waals surface area contributed by atoms with Crippen LogP contribution in [0.25, 0.3) is 5.70 Å². The van der Waals surface area contributed by atoms with E-state index in [2.05, 4.69) is 39.2 Å². The number of carbonyl (C=O) groups is 1. The molecule has 7 nitrogen and oxygen atoms in total. The molecule has 2 aliphatic rings. The highest BCUT2D eigenvalue weighted by Gasteiger charge is 2.47. The van der Waals surface area contributed by atoms with Gasteiger partial charge in [-0.1, -0.05) is 6.92 Å². The summed E-state index contributed by atoms with van der Waals surface area (Å²) in [5.74, 6) is 1.49. The second-order valence-electron chi connectivity index (χ2n) is 8.17. The van der Waals surface area contributed by atoms with Crippen LogP contribution in [0.2, 0.25) is 0 Å². The fourth-order valence-electron chi connectivity index (χ4n) is 4.46. The topological polar surface area (TPSA) is 82.5 Å². The molecule has 2 aliphatic heterocycles. The molecule has 4 heterocycles. The van der Waals surface area contributed by atoms with E-state index in [0.29, 0.717) is 29.6 Å². The quantitative estimate of drug-likeness (QED) is 0.325. The number of rotatable bonds is 9. The highest BCUT2D eigenvalue weighted by molar-refractivity contribution is 8.02. The molecule has 2 aromatic heterocycles. The molecule has 170 valence electrons. The zero-order chi connectivity index (χ0) is 22.7. The molecule has 2 fully saturated rings. The van der Waals surface area contributed by atoms with Crippen molar-refractivity contribution in [3.05, 3.63) is 44.9 Å². The summed E-state index contributed by atoms with van der Waals surface area (Å²) in [5.41, 5.74) is 2.50. The molecule has 2 aromatic rings. The third-order valence-electron chi connectivity index (χ3n) is 6.18. The van der Waals surface area contributed by atoms with Gasteiger partial charge in [-0.15, -0.1) is 23.1 Å². The number of thioether (sulfide) groups is 1. The number of nitrogens with one attached hydrogen (secondary N) is 2. The zero-order valence-corrected chi connectivity index (χ0v) is 20.4. The van der Waals surface area contributed by atoms with E-state index < -0.39 is 0 Å². The Hall–Kier alpha value is -2.23. The van der Waals surface area contributed by atoms with Crippen molar-refractivity contribution in [3.8, 4) is 0 Å². The van der Waals surface area contributed by atoms with Gasteiger partial charge >= 0.3 is 0 Å². The van der Waals surface area contributed by atoms with Crippen LogP contribution in [0.3, 0.4) is 0 Å². The highest BCUT2D eigenvalue weighted by Crippen LogP contribution is 2.39. The lowest BCUT2D eigenvalue weighted by Crippen LogP contribution is -2.65. The Labute approximate surface area is 197 Å². The first-order valence-electron chi connectivity index (χ1n) is 11.0. The summed E-state index contributed by atoms with van der Waals surface area (Å²) in [6.45, 7) is 7.82. The third kappa shape index (κ3) is 4.74. The van der Waals surface area contributed by atoms with Crippen LogP contribution in [0, 0.1) is 6.92 Å². The first-order chi connectivity index (χ1) is 15.5. The maximum absolute atomic E-state index is 12.9. The van der Waals surface area contributed by atoms with Crippen molar-refractivity contribution in [1.29, 1.82) is 0 Å². The number of pyridine rings is 1. The normalized spacial score (nSPS) is 22.4.